The van der Waals surface area contributed by atoms with Gasteiger partial charge >= 0.3 is 0 Å². The maximum Gasteiger partial charge on any atom is 0.220 e. The van der Waals surface area contributed by atoms with Gasteiger partial charge in [-0.1, -0.05) is 6.07 Å². The highest BCUT2D eigenvalue weighted by atomic mass is 127. The Bertz CT molecular complexity index is 608. The first kappa shape index (κ1) is 21.6. The minimum atomic E-state index is -0.870. The minimum Gasteiger partial charge on any atom is -0.356 e. The number of nitrogens with zero attached hydrogens (tertiary/aromatic N) is 1. The number of halogens is 3. The fourth-order valence-corrected chi connectivity index (χ4v) is 2.25. The van der Waals surface area contributed by atoms with Crippen molar-refractivity contribution in [2.24, 2.45) is 4.99 Å². The summed E-state index contributed by atoms with van der Waals surface area (Å²) in [5.74, 6) is -1.10. The highest BCUT2D eigenvalue weighted by Gasteiger charge is 2.22. The van der Waals surface area contributed by atoms with E-state index >= 15 is 0 Å². The van der Waals surface area contributed by atoms with Crippen LogP contribution in [-0.4, -0.2) is 31.5 Å². The molecular weight excluding hydrogens is 441 g/mol. The second kappa shape index (κ2) is 10.5. The number of benzene rings is 1. The van der Waals surface area contributed by atoms with E-state index in [1.54, 1.807) is 7.05 Å². The zero-order chi connectivity index (χ0) is 17.5. The van der Waals surface area contributed by atoms with E-state index in [9.17, 15) is 13.6 Å². The van der Waals surface area contributed by atoms with Gasteiger partial charge in [-0.3, -0.25) is 9.79 Å². The van der Waals surface area contributed by atoms with E-state index in [1.807, 2.05) is 6.92 Å². The van der Waals surface area contributed by atoms with Crippen molar-refractivity contribution in [3.05, 3.63) is 35.4 Å². The quantitative estimate of drug-likeness (QED) is 0.251. The standard InChI is InChI=1S/C17H24F2N4O.HI/c1-11(12-5-8-14(18)15(19)10-12)22-17(20-2)21-9-3-4-16(24)23-13-6-7-13;/h5,8,10-11,13H,3-4,6-7,9H2,1-2H3,(H,23,24)(H2,20,21,22);1H. The molecule has 1 aliphatic carbocycles. The predicted octanol–water partition coefficient (Wildman–Crippen LogP) is 2.87. The van der Waals surface area contributed by atoms with Crippen LogP contribution < -0.4 is 16.0 Å². The monoisotopic (exact) mass is 466 g/mol. The van der Waals surface area contributed by atoms with Crippen LogP contribution in [0.5, 0.6) is 0 Å². The van der Waals surface area contributed by atoms with Crippen LogP contribution in [0.2, 0.25) is 0 Å². The molecule has 25 heavy (non-hydrogen) atoms. The van der Waals surface area contributed by atoms with Gasteiger partial charge in [0.25, 0.3) is 0 Å². The highest BCUT2D eigenvalue weighted by molar-refractivity contribution is 14.0. The molecular formula is C17H25F2IN4O. The van der Waals surface area contributed by atoms with Crippen LogP contribution in [-0.2, 0) is 4.79 Å². The third-order valence-electron chi connectivity index (χ3n) is 3.84. The van der Waals surface area contributed by atoms with Gasteiger partial charge in [0.15, 0.2) is 17.6 Å². The summed E-state index contributed by atoms with van der Waals surface area (Å²) in [6.07, 6.45) is 3.34. The van der Waals surface area contributed by atoms with Crippen LogP contribution in [0.25, 0.3) is 0 Å². The van der Waals surface area contributed by atoms with Crippen molar-refractivity contribution in [3.8, 4) is 0 Å². The SMILES string of the molecule is CN=C(NCCCC(=O)NC1CC1)NC(C)c1ccc(F)c(F)c1.I. The van der Waals surface area contributed by atoms with E-state index in [1.165, 1.54) is 12.1 Å². The Morgan fingerprint density at radius 1 is 1.32 bits per heavy atom. The van der Waals surface area contributed by atoms with E-state index in [0.717, 1.165) is 18.9 Å². The van der Waals surface area contributed by atoms with Crippen LogP contribution in [0.4, 0.5) is 8.78 Å². The van der Waals surface area contributed by atoms with E-state index in [-0.39, 0.29) is 35.9 Å². The van der Waals surface area contributed by atoms with E-state index in [2.05, 4.69) is 20.9 Å². The van der Waals surface area contributed by atoms with E-state index < -0.39 is 11.6 Å². The third kappa shape index (κ3) is 7.54. The van der Waals surface area contributed by atoms with Crippen molar-refractivity contribution in [2.45, 2.75) is 44.7 Å². The molecule has 0 aliphatic heterocycles. The molecule has 8 heteroatoms. The van der Waals surface area contributed by atoms with E-state index in [4.69, 9.17) is 0 Å². The molecule has 0 radical (unpaired) electrons. The highest BCUT2D eigenvalue weighted by Crippen LogP contribution is 2.18. The average Bonchev–Trinajstić information content (AvgIpc) is 3.36. The average molecular weight is 466 g/mol. The number of amides is 1. The molecule has 0 aromatic heterocycles. The summed E-state index contributed by atoms with van der Waals surface area (Å²) < 4.78 is 26.3. The lowest BCUT2D eigenvalue weighted by atomic mass is 10.1. The molecule has 0 heterocycles. The Labute approximate surface area is 164 Å². The first-order valence-corrected chi connectivity index (χ1v) is 8.21. The second-order valence-electron chi connectivity index (χ2n) is 5.98. The molecule has 0 spiro atoms. The Morgan fingerprint density at radius 3 is 2.64 bits per heavy atom. The van der Waals surface area contributed by atoms with Crippen LogP contribution in [0.1, 0.15) is 44.2 Å². The molecule has 1 atom stereocenters. The van der Waals surface area contributed by atoms with Gasteiger partial charge < -0.3 is 16.0 Å². The molecule has 2 rings (SSSR count). The Balaban J connectivity index is 0.00000312. The van der Waals surface area contributed by atoms with Crippen molar-refractivity contribution in [1.82, 2.24) is 16.0 Å². The van der Waals surface area contributed by atoms with Gasteiger partial charge in [-0.05, 0) is 43.9 Å². The molecule has 1 unspecified atom stereocenters. The molecule has 1 aromatic rings. The molecule has 3 N–H and O–H groups in total. The van der Waals surface area contributed by atoms with Crippen molar-refractivity contribution >= 4 is 35.8 Å². The summed E-state index contributed by atoms with van der Waals surface area (Å²) >= 11 is 0. The zero-order valence-electron chi connectivity index (χ0n) is 14.4. The molecule has 1 saturated carbocycles. The van der Waals surface area contributed by atoms with Gasteiger partial charge in [-0.25, -0.2) is 8.78 Å². The van der Waals surface area contributed by atoms with Crippen LogP contribution in [0, 0.1) is 11.6 Å². The molecule has 0 saturated heterocycles. The van der Waals surface area contributed by atoms with Gasteiger partial charge in [0.05, 0.1) is 6.04 Å². The van der Waals surface area contributed by atoms with Crippen LogP contribution >= 0.6 is 24.0 Å². The third-order valence-corrected chi connectivity index (χ3v) is 3.84. The molecule has 0 bridgehead atoms. The normalized spacial score (nSPS) is 15.1. The number of hydrogen-bond acceptors (Lipinski definition) is 2. The number of carbonyl (C=O) groups is 1. The maximum absolute atomic E-state index is 13.3. The second-order valence-corrected chi connectivity index (χ2v) is 5.98. The van der Waals surface area contributed by atoms with Gasteiger partial charge in [0.1, 0.15) is 0 Å². The van der Waals surface area contributed by atoms with Crippen molar-refractivity contribution in [2.75, 3.05) is 13.6 Å². The molecule has 1 aromatic carbocycles. The number of carbonyl (C=O) groups excluding carboxylic acids is 1. The topological polar surface area (TPSA) is 65.5 Å². The maximum atomic E-state index is 13.3. The largest absolute Gasteiger partial charge is 0.356 e. The van der Waals surface area contributed by atoms with Gasteiger partial charge in [-0.15, -0.1) is 24.0 Å². The molecule has 1 aliphatic rings. The predicted molar refractivity (Wildman–Crippen MR) is 105 cm³/mol. The van der Waals surface area contributed by atoms with Crippen LogP contribution in [0.3, 0.4) is 0 Å². The lowest BCUT2D eigenvalue weighted by Crippen LogP contribution is -2.39. The van der Waals surface area contributed by atoms with Crippen LogP contribution in [0.15, 0.2) is 23.2 Å². The molecule has 1 amide bonds. The summed E-state index contributed by atoms with van der Waals surface area (Å²) in [7, 11) is 1.63. The van der Waals surface area contributed by atoms with Gasteiger partial charge in [-0.2, -0.15) is 0 Å². The molecule has 140 valence electrons. The Kier molecular flexibility index (Phi) is 9.09. The smallest absolute Gasteiger partial charge is 0.220 e. The fourth-order valence-electron chi connectivity index (χ4n) is 2.25. The lowest BCUT2D eigenvalue weighted by Gasteiger charge is -2.18. The van der Waals surface area contributed by atoms with Crippen molar-refractivity contribution < 1.29 is 13.6 Å². The van der Waals surface area contributed by atoms with E-state index in [0.29, 0.717) is 37.0 Å². The summed E-state index contributed by atoms with van der Waals surface area (Å²) in [5, 5.41) is 9.16. The fraction of sp³-hybridized carbons (Fsp3) is 0.529. The summed E-state index contributed by atoms with van der Waals surface area (Å²) in [6, 6.07) is 3.97. The summed E-state index contributed by atoms with van der Waals surface area (Å²) in [5.41, 5.74) is 0.626. The Morgan fingerprint density at radius 2 is 2.04 bits per heavy atom. The van der Waals surface area contributed by atoms with Crippen molar-refractivity contribution in [1.29, 1.82) is 0 Å². The minimum absolute atomic E-state index is 0. The molecule has 1 fully saturated rings. The van der Waals surface area contributed by atoms with Gasteiger partial charge in [0, 0.05) is 26.1 Å². The molecule has 5 nitrogen and oxygen atoms in total. The summed E-state index contributed by atoms with van der Waals surface area (Å²) in [4.78, 5) is 15.7. The first-order chi connectivity index (χ1) is 11.5. The lowest BCUT2D eigenvalue weighted by molar-refractivity contribution is -0.121. The number of guanidine groups is 1. The van der Waals surface area contributed by atoms with Gasteiger partial charge in [0.2, 0.25) is 5.91 Å². The zero-order valence-corrected chi connectivity index (χ0v) is 16.8. The number of aliphatic imine (C=N–C) groups is 1. The summed E-state index contributed by atoms with van der Waals surface area (Å²) in [6.45, 7) is 2.44. The number of nitrogens with one attached hydrogen (secondary N) is 3. The number of hydrogen-bond donors (Lipinski definition) is 3. The Hall–Kier alpha value is -1.45. The first-order valence-electron chi connectivity index (χ1n) is 8.21. The number of rotatable bonds is 7. The van der Waals surface area contributed by atoms with Crippen molar-refractivity contribution in [3.63, 3.8) is 0 Å².